The van der Waals surface area contributed by atoms with Gasteiger partial charge in [-0.25, -0.2) is 0 Å². The van der Waals surface area contributed by atoms with Gasteiger partial charge in [0, 0.05) is 17.8 Å². The molecule has 0 aromatic carbocycles. The highest BCUT2D eigenvalue weighted by Gasteiger charge is 2.19. The Hall–Kier alpha value is -1.09. The average molecular weight is 282 g/mol. The van der Waals surface area contributed by atoms with E-state index in [1.807, 2.05) is 10.6 Å². The number of halogens is 1. The van der Waals surface area contributed by atoms with Crippen LogP contribution in [0.1, 0.15) is 43.5 Å². The van der Waals surface area contributed by atoms with E-state index in [0.29, 0.717) is 18.0 Å². The second-order valence-electron chi connectivity index (χ2n) is 5.69. The van der Waals surface area contributed by atoms with Crippen LogP contribution < -0.4 is 5.56 Å². The quantitative estimate of drug-likeness (QED) is 0.796. The molecule has 0 aliphatic heterocycles. The van der Waals surface area contributed by atoms with Gasteiger partial charge in [0.2, 0.25) is 5.24 Å². The number of hydrogen-bond acceptors (Lipinski definition) is 2. The van der Waals surface area contributed by atoms with Crippen molar-refractivity contribution in [2.45, 2.75) is 52.5 Å². The van der Waals surface area contributed by atoms with Crippen LogP contribution in [0.5, 0.6) is 0 Å². The first-order valence-corrected chi connectivity index (χ1v) is 7.29. The van der Waals surface area contributed by atoms with E-state index in [9.17, 15) is 9.59 Å². The van der Waals surface area contributed by atoms with Gasteiger partial charge >= 0.3 is 0 Å². The molecule has 3 nitrogen and oxygen atoms in total. The van der Waals surface area contributed by atoms with Crippen LogP contribution in [0, 0.1) is 5.92 Å². The fourth-order valence-corrected chi connectivity index (χ4v) is 2.92. The molecule has 0 atom stereocenters. The number of aryl methyl sites for hydroxylation is 1. The summed E-state index contributed by atoms with van der Waals surface area (Å²) >= 11 is 5.44. The molecule has 1 heterocycles. The van der Waals surface area contributed by atoms with E-state index in [2.05, 4.69) is 13.8 Å². The van der Waals surface area contributed by atoms with Crippen LogP contribution in [0.2, 0.25) is 0 Å². The van der Waals surface area contributed by atoms with Crippen molar-refractivity contribution in [2.24, 2.45) is 5.92 Å². The summed E-state index contributed by atoms with van der Waals surface area (Å²) < 4.78 is 1.87. The van der Waals surface area contributed by atoms with Crippen LogP contribution in [-0.2, 0) is 30.6 Å². The van der Waals surface area contributed by atoms with E-state index in [-0.39, 0.29) is 12.0 Å². The largest absolute Gasteiger partial charge is 0.312 e. The second kappa shape index (κ2) is 5.91. The third-order valence-electron chi connectivity index (χ3n) is 3.55. The standard InChI is InChI=1S/C15H20ClNO2/c1-10(2)9-17-13-6-4-3-5-11(13)7-12(15(17)19)8-14(16)18/h7,10H,3-6,8-9H2,1-2H3. The number of aromatic nitrogens is 1. The Morgan fingerprint density at radius 3 is 2.68 bits per heavy atom. The highest BCUT2D eigenvalue weighted by atomic mass is 35.5. The van der Waals surface area contributed by atoms with Crippen LogP contribution in [-0.4, -0.2) is 9.81 Å². The zero-order valence-corrected chi connectivity index (χ0v) is 12.3. The summed E-state index contributed by atoms with van der Waals surface area (Å²) in [4.78, 5) is 23.5. The average Bonchev–Trinajstić information content (AvgIpc) is 2.33. The van der Waals surface area contributed by atoms with Crippen molar-refractivity contribution in [1.82, 2.24) is 4.57 Å². The van der Waals surface area contributed by atoms with Gasteiger partial charge in [0.25, 0.3) is 5.56 Å². The summed E-state index contributed by atoms with van der Waals surface area (Å²) in [7, 11) is 0. The summed E-state index contributed by atoms with van der Waals surface area (Å²) in [6.07, 6.45) is 4.29. The van der Waals surface area contributed by atoms with E-state index < -0.39 is 5.24 Å². The van der Waals surface area contributed by atoms with Gasteiger partial charge in [0.05, 0.1) is 6.42 Å². The predicted octanol–water partition coefficient (Wildman–Crippen LogP) is 2.69. The molecule has 0 spiro atoms. The molecule has 19 heavy (non-hydrogen) atoms. The van der Waals surface area contributed by atoms with Crippen LogP contribution in [0.4, 0.5) is 0 Å². The molecule has 4 heteroatoms. The van der Waals surface area contributed by atoms with Gasteiger partial charge in [0.1, 0.15) is 0 Å². The number of rotatable bonds is 4. The van der Waals surface area contributed by atoms with Gasteiger partial charge in [-0.1, -0.05) is 13.8 Å². The lowest BCUT2D eigenvalue weighted by Gasteiger charge is -2.23. The molecule has 0 saturated carbocycles. The fourth-order valence-electron chi connectivity index (χ4n) is 2.78. The number of fused-ring (bicyclic) bond motifs is 1. The Balaban J connectivity index is 2.53. The van der Waals surface area contributed by atoms with Crippen molar-refractivity contribution in [3.63, 3.8) is 0 Å². The second-order valence-corrected chi connectivity index (χ2v) is 6.11. The first-order valence-electron chi connectivity index (χ1n) is 6.92. The number of carbonyl (C=O) groups is 1. The van der Waals surface area contributed by atoms with Gasteiger partial charge < -0.3 is 4.57 Å². The molecule has 1 aromatic rings. The van der Waals surface area contributed by atoms with Gasteiger partial charge in [-0.05, 0) is 54.8 Å². The number of carbonyl (C=O) groups excluding carboxylic acids is 1. The van der Waals surface area contributed by atoms with Crippen LogP contribution in [0.25, 0.3) is 0 Å². The maximum absolute atomic E-state index is 12.5. The maximum atomic E-state index is 12.5. The minimum atomic E-state index is -0.469. The fraction of sp³-hybridized carbons (Fsp3) is 0.600. The minimum Gasteiger partial charge on any atom is -0.312 e. The Bertz CT molecular complexity index is 546. The molecule has 0 bridgehead atoms. The van der Waals surface area contributed by atoms with Crippen molar-refractivity contribution < 1.29 is 4.79 Å². The highest BCUT2D eigenvalue weighted by Crippen LogP contribution is 2.21. The van der Waals surface area contributed by atoms with Gasteiger partial charge in [-0.15, -0.1) is 0 Å². The van der Waals surface area contributed by atoms with Crippen molar-refractivity contribution >= 4 is 16.8 Å². The van der Waals surface area contributed by atoms with Crippen molar-refractivity contribution in [3.8, 4) is 0 Å². The molecule has 104 valence electrons. The van der Waals surface area contributed by atoms with Crippen molar-refractivity contribution in [2.75, 3.05) is 0 Å². The molecule has 2 rings (SSSR count). The summed E-state index contributed by atoms with van der Waals surface area (Å²) in [5.74, 6) is 0.408. The zero-order valence-electron chi connectivity index (χ0n) is 11.5. The summed E-state index contributed by atoms with van der Waals surface area (Å²) in [6, 6.07) is 1.90. The van der Waals surface area contributed by atoms with E-state index in [1.165, 1.54) is 5.56 Å². The third kappa shape index (κ3) is 3.27. The summed E-state index contributed by atoms with van der Waals surface area (Å²) in [5.41, 5.74) is 2.89. The smallest absolute Gasteiger partial charge is 0.254 e. The molecular formula is C15H20ClNO2. The highest BCUT2D eigenvalue weighted by molar-refractivity contribution is 6.63. The van der Waals surface area contributed by atoms with E-state index in [1.54, 1.807) is 0 Å². The molecular weight excluding hydrogens is 262 g/mol. The topological polar surface area (TPSA) is 39.1 Å². The number of nitrogens with zero attached hydrogens (tertiary/aromatic N) is 1. The maximum Gasteiger partial charge on any atom is 0.254 e. The third-order valence-corrected chi connectivity index (χ3v) is 3.69. The monoisotopic (exact) mass is 281 g/mol. The van der Waals surface area contributed by atoms with Crippen LogP contribution >= 0.6 is 11.6 Å². The van der Waals surface area contributed by atoms with Crippen molar-refractivity contribution in [1.29, 1.82) is 0 Å². The first-order chi connectivity index (χ1) is 8.99. The van der Waals surface area contributed by atoms with E-state index in [0.717, 1.165) is 31.4 Å². The molecule has 0 fully saturated rings. The molecule has 1 aliphatic rings. The Kier molecular flexibility index (Phi) is 4.46. The SMILES string of the molecule is CC(C)Cn1c2c(cc(CC(=O)Cl)c1=O)CCCC2. The minimum absolute atomic E-state index is 0.0335. The summed E-state index contributed by atoms with van der Waals surface area (Å²) in [6.45, 7) is 4.91. The number of pyridine rings is 1. The van der Waals surface area contributed by atoms with Gasteiger partial charge in [0.15, 0.2) is 0 Å². The molecule has 1 aromatic heterocycles. The molecule has 0 N–H and O–H groups in total. The zero-order chi connectivity index (χ0) is 14.0. The lowest BCUT2D eigenvalue weighted by molar-refractivity contribution is -0.111. The Morgan fingerprint density at radius 1 is 1.37 bits per heavy atom. The van der Waals surface area contributed by atoms with E-state index in [4.69, 9.17) is 11.6 Å². The molecule has 0 saturated heterocycles. The van der Waals surface area contributed by atoms with Crippen LogP contribution in [0.3, 0.4) is 0 Å². The molecule has 0 unspecified atom stereocenters. The summed E-state index contributed by atoms with van der Waals surface area (Å²) in [5, 5.41) is -0.469. The molecule has 1 aliphatic carbocycles. The Morgan fingerprint density at radius 2 is 2.05 bits per heavy atom. The molecule has 0 amide bonds. The van der Waals surface area contributed by atoms with Crippen LogP contribution in [0.15, 0.2) is 10.9 Å². The predicted molar refractivity (Wildman–Crippen MR) is 76.7 cm³/mol. The van der Waals surface area contributed by atoms with Crippen molar-refractivity contribution in [3.05, 3.63) is 33.2 Å². The molecule has 0 radical (unpaired) electrons. The normalized spacial score (nSPS) is 14.5. The van der Waals surface area contributed by atoms with E-state index >= 15 is 0 Å². The lowest BCUT2D eigenvalue weighted by Crippen LogP contribution is -2.31. The Labute approximate surface area is 118 Å². The van der Waals surface area contributed by atoms with Gasteiger partial charge in [-0.3, -0.25) is 9.59 Å². The number of hydrogen-bond donors (Lipinski definition) is 0. The van der Waals surface area contributed by atoms with Gasteiger partial charge in [-0.2, -0.15) is 0 Å². The first kappa shape index (κ1) is 14.3. The lowest BCUT2D eigenvalue weighted by atomic mass is 9.93.